The summed E-state index contributed by atoms with van der Waals surface area (Å²) in [5, 5.41) is 13.4. The maximum Gasteiger partial charge on any atom is 0.311 e. The summed E-state index contributed by atoms with van der Waals surface area (Å²) in [7, 11) is 7.11. The molecule has 35 heavy (non-hydrogen) atoms. The molecule has 3 aromatic carbocycles. The zero-order chi connectivity index (χ0) is 25.0. The molecule has 0 saturated heterocycles. The van der Waals surface area contributed by atoms with Crippen LogP contribution in [0.5, 0.6) is 5.75 Å². The number of carbonyl (C=O) groups is 2. The zero-order valence-corrected chi connectivity index (χ0v) is 19.9. The molecule has 178 valence electrons. The van der Waals surface area contributed by atoms with Crippen molar-refractivity contribution in [2.24, 2.45) is 7.05 Å². The predicted molar refractivity (Wildman–Crippen MR) is 133 cm³/mol. The van der Waals surface area contributed by atoms with Crippen molar-refractivity contribution < 1.29 is 19.2 Å². The number of nitro groups is 1. The Hall–Kier alpha value is -4.24. The van der Waals surface area contributed by atoms with Crippen LogP contribution in [-0.4, -0.2) is 65.4 Å². The van der Waals surface area contributed by atoms with E-state index in [1.165, 1.54) is 13.1 Å². The molecule has 1 aliphatic heterocycles. The highest BCUT2D eigenvalue weighted by atomic mass is 16.6. The molecule has 4 aromatic rings. The molecule has 9 nitrogen and oxygen atoms in total. The summed E-state index contributed by atoms with van der Waals surface area (Å²) >= 11 is 0. The van der Waals surface area contributed by atoms with Crippen LogP contribution in [0.1, 0.15) is 20.7 Å². The van der Waals surface area contributed by atoms with E-state index >= 15 is 0 Å². The molecular weight excluding hydrogens is 448 g/mol. The highest BCUT2D eigenvalue weighted by Gasteiger charge is 2.39. The Kier molecular flexibility index (Phi) is 5.29. The van der Waals surface area contributed by atoms with Gasteiger partial charge in [0.2, 0.25) is 5.75 Å². The Balaban J connectivity index is 1.87. The average Bonchev–Trinajstić information content (AvgIpc) is 3.24. The number of aromatic nitrogens is 1. The molecule has 0 spiro atoms. The van der Waals surface area contributed by atoms with Crippen LogP contribution < -0.4 is 4.74 Å². The van der Waals surface area contributed by atoms with E-state index in [2.05, 4.69) is 0 Å². The SMILES string of the molecule is CN(C)CCOc1c(-c2cc3c(c4c2C(=O)N(C)C4=O)c2ccccc2n3C)cccc1[N+](=O)[O-]. The summed E-state index contributed by atoms with van der Waals surface area (Å²) in [5.74, 6) is -0.760. The molecule has 0 N–H and O–H groups in total. The lowest BCUT2D eigenvalue weighted by Gasteiger charge is -2.16. The van der Waals surface area contributed by atoms with E-state index in [-0.39, 0.29) is 23.6 Å². The molecule has 5 rings (SSSR count). The quantitative estimate of drug-likeness (QED) is 0.238. The number of ether oxygens (including phenoxy) is 1. The number of likely N-dealkylation sites (N-methyl/N-ethyl adjacent to an activating group) is 1. The van der Waals surface area contributed by atoms with Gasteiger partial charge in [0, 0.05) is 54.1 Å². The molecule has 0 aliphatic carbocycles. The third kappa shape index (κ3) is 3.35. The van der Waals surface area contributed by atoms with Gasteiger partial charge in [0.05, 0.1) is 21.6 Å². The Morgan fingerprint density at radius 1 is 0.943 bits per heavy atom. The summed E-state index contributed by atoms with van der Waals surface area (Å²) < 4.78 is 7.91. The minimum absolute atomic E-state index is 0.0782. The molecule has 1 aliphatic rings. The van der Waals surface area contributed by atoms with Crippen molar-refractivity contribution in [3.05, 3.63) is 69.8 Å². The van der Waals surface area contributed by atoms with Crippen LogP contribution in [0.25, 0.3) is 32.9 Å². The van der Waals surface area contributed by atoms with E-state index < -0.39 is 16.7 Å². The molecule has 0 fully saturated rings. The van der Waals surface area contributed by atoms with Gasteiger partial charge in [0.15, 0.2) is 0 Å². The van der Waals surface area contributed by atoms with Crippen molar-refractivity contribution in [3.63, 3.8) is 0 Å². The second-order valence-electron chi connectivity index (χ2n) is 8.88. The molecule has 0 radical (unpaired) electrons. The summed E-state index contributed by atoms with van der Waals surface area (Å²) in [6.07, 6.45) is 0. The van der Waals surface area contributed by atoms with Crippen molar-refractivity contribution in [2.45, 2.75) is 0 Å². The lowest BCUT2D eigenvalue weighted by atomic mass is 9.92. The van der Waals surface area contributed by atoms with Crippen molar-refractivity contribution >= 4 is 39.3 Å². The molecule has 2 heterocycles. The summed E-state index contributed by atoms with van der Waals surface area (Å²) in [6, 6.07) is 14.2. The maximum absolute atomic E-state index is 13.3. The number of nitro benzene ring substituents is 1. The van der Waals surface area contributed by atoms with Gasteiger partial charge >= 0.3 is 5.69 Å². The number of para-hydroxylation sites is 2. The molecule has 9 heteroatoms. The van der Waals surface area contributed by atoms with Crippen molar-refractivity contribution in [1.29, 1.82) is 0 Å². The van der Waals surface area contributed by atoms with Gasteiger partial charge in [-0.2, -0.15) is 0 Å². The van der Waals surface area contributed by atoms with Crippen molar-refractivity contribution in [2.75, 3.05) is 34.3 Å². The van der Waals surface area contributed by atoms with Crippen LogP contribution in [0, 0.1) is 10.1 Å². The summed E-state index contributed by atoms with van der Waals surface area (Å²) in [6.45, 7) is 0.766. The van der Waals surface area contributed by atoms with Crippen LogP contribution in [0.4, 0.5) is 5.69 Å². The highest BCUT2D eigenvalue weighted by molar-refractivity contribution is 6.32. The first-order chi connectivity index (χ1) is 16.7. The van der Waals surface area contributed by atoms with Gasteiger partial charge in [-0.15, -0.1) is 0 Å². The van der Waals surface area contributed by atoms with Crippen LogP contribution in [0.2, 0.25) is 0 Å². The number of fused-ring (bicyclic) bond motifs is 5. The minimum Gasteiger partial charge on any atom is -0.485 e. The van der Waals surface area contributed by atoms with Gasteiger partial charge in [-0.25, -0.2) is 0 Å². The smallest absolute Gasteiger partial charge is 0.311 e. The number of benzene rings is 3. The zero-order valence-electron chi connectivity index (χ0n) is 19.9. The molecule has 1 aromatic heterocycles. The van der Waals surface area contributed by atoms with Gasteiger partial charge in [0.1, 0.15) is 6.61 Å². The first kappa shape index (κ1) is 22.5. The average molecular weight is 473 g/mol. The maximum atomic E-state index is 13.3. The Bertz CT molecular complexity index is 1550. The van der Waals surface area contributed by atoms with Gasteiger partial charge in [0.25, 0.3) is 11.8 Å². The largest absolute Gasteiger partial charge is 0.485 e. The molecule has 0 saturated carbocycles. The number of aryl methyl sites for hydroxylation is 1. The lowest BCUT2D eigenvalue weighted by molar-refractivity contribution is -0.385. The van der Waals surface area contributed by atoms with Crippen molar-refractivity contribution in [3.8, 4) is 16.9 Å². The second kappa shape index (κ2) is 8.21. The van der Waals surface area contributed by atoms with E-state index in [1.807, 2.05) is 60.9 Å². The van der Waals surface area contributed by atoms with Crippen molar-refractivity contribution in [1.82, 2.24) is 14.4 Å². The summed E-state index contributed by atoms with van der Waals surface area (Å²) in [5.41, 5.74) is 2.85. The number of rotatable bonds is 6. The molecule has 0 unspecified atom stereocenters. The second-order valence-corrected chi connectivity index (χ2v) is 8.88. The number of carbonyl (C=O) groups excluding carboxylic acids is 2. The number of hydrogen-bond acceptors (Lipinski definition) is 6. The van der Waals surface area contributed by atoms with Crippen LogP contribution in [-0.2, 0) is 7.05 Å². The number of nitrogens with zero attached hydrogens (tertiary/aromatic N) is 4. The monoisotopic (exact) mass is 472 g/mol. The number of hydrogen-bond donors (Lipinski definition) is 0. The minimum atomic E-state index is -0.497. The van der Waals surface area contributed by atoms with E-state index in [4.69, 9.17) is 4.74 Å². The van der Waals surface area contributed by atoms with Crippen LogP contribution in [0.3, 0.4) is 0 Å². The predicted octanol–water partition coefficient (Wildman–Crippen LogP) is 4.07. The number of amides is 2. The first-order valence-electron chi connectivity index (χ1n) is 11.1. The molecule has 0 atom stereocenters. The fourth-order valence-corrected chi connectivity index (χ4v) is 4.75. The van der Waals surface area contributed by atoms with E-state index in [0.717, 1.165) is 21.3 Å². The first-order valence-corrected chi connectivity index (χ1v) is 11.1. The van der Waals surface area contributed by atoms with E-state index in [1.54, 1.807) is 12.1 Å². The third-order valence-corrected chi connectivity index (χ3v) is 6.51. The lowest BCUT2D eigenvalue weighted by Crippen LogP contribution is -2.24. The fourth-order valence-electron chi connectivity index (χ4n) is 4.75. The topological polar surface area (TPSA) is 97.9 Å². The Labute approximate surface area is 201 Å². The standard InChI is InChI=1S/C26H24N4O5/c1-27(2)12-13-35-24-15(9-7-11-19(24)30(33)34)17-14-20-21(16-8-5-6-10-18(16)28(20)3)23-22(17)25(31)29(4)26(23)32/h5-11,14H,12-13H2,1-4H3. The number of imide groups is 1. The van der Waals surface area contributed by atoms with Gasteiger partial charge in [-0.1, -0.05) is 30.3 Å². The molecule has 2 amide bonds. The third-order valence-electron chi connectivity index (χ3n) is 6.51. The molecular formula is C26H24N4O5. The van der Waals surface area contributed by atoms with Crippen LogP contribution >= 0.6 is 0 Å². The Morgan fingerprint density at radius 3 is 2.37 bits per heavy atom. The highest BCUT2D eigenvalue weighted by Crippen LogP contribution is 2.45. The van der Waals surface area contributed by atoms with Gasteiger partial charge < -0.3 is 14.2 Å². The van der Waals surface area contributed by atoms with Gasteiger partial charge in [-0.05, 0) is 26.2 Å². The fraction of sp³-hybridized carbons (Fsp3) is 0.231. The summed E-state index contributed by atoms with van der Waals surface area (Å²) in [4.78, 5) is 41.0. The normalized spacial score (nSPS) is 13.3. The van der Waals surface area contributed by atoms with E-state index in [0.29, 0.717) is 28.6 Å². The Morgan fingerprint density at radius 2 is 1.66 bits per heavy atom. The van der Waals surface area contributed by atoms with Crippen LogP contribution in [0.15, 0.2) is 48.5 Å². The van der Waals surface area contributed by atoms with Gasteiger partial charge in [-0.3, -0.25) is 24.6 Å². The van der Waals surface area contributed by atoms with E-state index in [9.17, 15) is 19.7 Å². The molecule has 0 bridgehead atoms.